The summed E-state index contributed by atoms with van der Waals surface area (Å²) in [5.74, 6) is 2.21. The Morgan fingerprint density at radius 1 is 1.13 bits per heavy atom. The number of nitrogens with zero attached hydrogens (tertiary/aromatic N) is 4. The molecule has 1 aliphatic rings. The highest BCUT2D eigenvalue weighted by Crippen LogP contribution is 2.36. The number of hydrogen-bond acceptors (Lipinski definition) is 8. The molecule has 0 radical (unpaired) electrons. The van der Waals surface area contributed by atoms with Crippen LogP contribution in [0.4, 0.5) is 11.4 Å². The van der Waals surface area contributed by atoms with Gasteiger partial charge in [0.05, 0.1) is 19.1 Å². The quantitative estimate of drug-likeness (QED) is 0.419. The van der Waals surface area contributed by atoms with Gasteiger partial charge in [0.1, 0.15) is 5.69 Å². The first-order valence-corrected chi connectivity index (χ1v) is 10.1. The van der Waals surface area contributed by atoms with E-state index in [2.05, 4.69) is 22.0 Å². The zero-order chi connectivity index (χ0) is 22.0. The fraction of sp³-hybridized carbons (Fsp3) is 0.364. The molecule has 3 aromatic rings. The third-order valence-electron chi connectivity index (χ3n) is 5.48. The second kappa shape index (κ2) is 8.63. The van der Waals surface area contributed by atoms with Gasteiger partial charge >= 0.3 is 0 Å². The van der Waals surface area contributed by atoms with Crippen molar-refractivity contribution in [2.24, 2.45) is 5.92 Å². The second-order valence-corrected chi connectivity index (χ2v) is 7.65. The summed E-state index contributed by atoms with van der Waals surface area (Å²) in [7, 11) is 3.11. The van der Waals surface area contributed by atoms with E-state index in [1.54, 1.807) is 44.6 Å². The van der Waals surface area contributed by atoms with Crippen LogP contribution in [-0.4, -0.2) is 42.4 Å². The zero-order valence-electron chi connectivity index (χ0n) is 17.7. The fourth-order valence-corrected chi connectivity index (χ4v) is 3.91. The van der Waals surface area contributed by atoms with Gasteiger partial charge in [-0.1, -0.05) is 12.1 Å². The van der Waals surface area contributed by atoms with Crippen molar-refractivity contribution in [1.29, 1.82) is 0 Å². The Morgan fingerprint density at radius 2 is 1.90 bits per heavy atom. The van der Waals surface area contributed by atoms with Crippen LogP contribution in [0.25, 0.3) is 22.8 Å². The summed E-state index contributed by atoms with van der Waals surface area (Å²) in [6.07, 6.45) is 2.17. The maximum absolute atomic E-state index is 11.8. The van der Waals surface area contributed by atoms with Gasteiger partial charge in [-0.25, -0.2) is 0 Å². The Hall–Kier alpha value is -3.62. The standard InChI is InChI=1S/C22H24N4O5/c1-14-5-4-10-25(13-14)17-8-6-16(11-18(17)26(27)28)22-23-21(24-31-22)15-7-9-19(29-2)20(12-15)30-3/h6-9,11-12,14H,4-5,10,13H2,1-3H3. The van der Waals surface area contributed by atoms with E-state index in [4.69, 9.17) is 14.0 Å². The first kappa shape index (κ1) is 20.6. The molecule has 9 heteroatoms. The van der Waals surface area contributed by atoms with Gasteiger partial charge in [-0.3, -0.25) is 10.1 Å². The van der Waals surface area contributed by atoms with Crippen LogP contribution >= 0.6 is 0 Å². The number of aromatic nitrogens is 2. The normalized spacial score (nSPS) is 16.2. The number of anilines is 1. The molecule has 1 aliphatic heterocycles. The molecule has 2 heterocycles. The average Bonchev–Trinajstić information content (AvgIpc) is 3.28. The van der Waals surface area contributed by atoms with Crippen molar-refractivity contribution in [1.82, 2.24) is 10.1 Å². The molecule has 1 unspecified atom stereocenters. The lowest BCUT2D eigenvalue weighted by Crippen LogP contribution is -2.34. The minimum absolute atomic E-state index is 0.0393. The Bertz CT molecular complexity index is 1100. The number of methoxy groups -OCH3 is 2. The number of nitro benzene ring substituents is 1. The first-order valence-electron chi connectivity index (χ1n) is 10.1. The predicted molar refractivity (Wildman–Crippen MR) is 116 cm³/mol. The van der Waals surface area contributed by atoms with Crippen LogP contribution in [0.2, 0.25) is 0 Å². The molecule has 0 saturated carbocycles. The summed E-state index contributed by atoms with van der Waals surface area (Å²) in [6, 6.07) is 10.3. The minimum atomic E-state index is -0.357. The molecule has 2 aromatic carbocycles. The molecule has 9 nitrogen and oxygen atoms in total. The zero-order valence-corrected chi connectivity index (χ0v) is 17.7. The Morgan fingerprint density at radius 3 is 2.61 bits per heavy atom. The average molecular weight is 424 g/mol. The highest BCUT2D eigenvalue weighted by atomic mass is 16.6. The van der Waals surface area contributed by atoms with Gasteiger partial charge in [-0.15, -0.1) is 0 Å². The van der Waals surface area contributed by atoms with Crippen LogP contribution in [0, 0.1) is 16.0 Å². The van der Waals surface area contributed by atoms with E-state index in [9.17, 15) is 10.1 Å². The van der Waals surface area contributed by atoms with Gasteiger partial charge in [0.2, 0.25) is 5.82 Å². The van der Waals surface area contributed by atoms with Crippen molar-refractivity contribution < 1.29 is 18.9 Å². The second-order valence-electron chi connectivity index (χ2n) is 7.65. The largest absolute Gasteiger partial charge is 0.493 e. The molecule has 31 heavy (non-hydrogen) atoms. The van der Waals surface area contributed by atoms with Crippen molar-refractivity contribution in [3.8, 4) is 34.3 Å². The first-order chi connectivity index (χ1) is 15.0. The smallest absolute Gasteiger partial charge is 0.293 e. The molecular weight excluding hydrogens is 400 g/mol. The van der Waals surface area contributed by atoms with E-state index in [-0.39, 0.29) is 16.5 Å². The lowest BCUT2D eigenvalue weighted by Gasteiger charge is -2.32. The number of ether oxygens (including phenoxy) is 2. The molecular formula is C22H24N4O5. The number of benzene rings is 2. The highest BCUT2D eigenvalue weighted by molar-refractivity contribution is 5.72. The van der Waals surface area contributed by atoms with Gasteiger partial charge in [0.25, 0.3) is 11.6 Å². The van der Waals surface area contributed by atoms with E-state index >= 15 is 0 Å². The summed E-state index contributed by atoms with van der Waals surface area (Å²) in [5, 5.41) is 15.8. The van der Waals surface area contributed by atoms with Crippen LogP contribution in [0.5, 0.6) is 11.5 Å². The third-order valence-corrected chi connectivity index (χ3v) is 5.48. The number of rotatable bonds is 6. The maximum Gasteiger partial charge on any atom is 0.293 e. The third kappa shape index (κ3) is 4.16. The molecule has 1 aromatic heterocycles. The summed E-state index contributed by atoms with van der Waals surface area (Å²) in [4.78, 5) is 17.9. The van der Waals surface area contributed by atoms with E-state index in [0.29, 0.717) is 40.1 Å². The summed E-state index contributed by atoms with van der Waals surface area (Å²) in [5.41, 5.74) is 1.85. The number of hydrogen-bond donors (Lipinski definition) is 0. The minimum Gasteiger partial charge on any atom is -0.493 e. The molecule has 1 saturated heterocycles. The predicted octanol–water partition coefficient (Wildman–Crippen LogP) is 4.57. The van der Waals surface area contributed by atoms with Crippen LogP contribution in [0.1, 0.15) is 19.8 Å². The van der Waals surface area contributed by atoms with Crippen LogP contribution < -0.4 is 14.4 Å². The van der Waals surface area contributed by atoms with E-state index in [0.717, 1.165) is 25.9 Å². The fourth-order valence-electron chi connectivity index (χ4n) is 3.91. The topological polar surface area (TPSA) is 104 Å². The Kier molecular flexibility index (Phi) is 5.75. The molecule has 0 bridgehead atoms. The molecule has 0 spiro atoms. The number of piperidine rings is 1. The van der Waals surface area contributed by atoms with Gasteiger partial charge in [0, 0.05) is 30.3 Å². The Balaban J connectivity index is 1.66. The van der Waals surface area contributed by atoms with Crippen molar-refractivity contribution in [2.75, 3.05) is 32.2 Å². The van der Waals surface area contributed by atoms with Crippen molar-refractivity contribution >= 4 is 11.4 Å². The van der Waals surface area contributed by atoms with Crippen molar-refractivity contribution in [2.45, 2.75) is 19.8 Å². The summed E-state index contributed by atoms with van der Waals surface area (Å²) < 4.78 is 16.0. The lowest BCUT2D eigenvalue weighted by molar-refractivity contribution is -0.384. The van der Waals surface area contributed by atoms with Crippen molar-refractivity contribution in [3.63, 3.8) is 0 Å². The maximum atomic E-state index is 11.8. The van der Waals surface area contributed by atoms with E-state index in [1.165, 1.54) is 6.07 Å². The van der Waals surface area contributed by atoms with Gasteiger partial charge in [-0.05, 0) is 49.1 Å². The van der Waals surface area contributed by atoms with Crippen LogP contribution in [0.15, 0.2) is 40.9 Å². The molecule has 1 fully saturated rings. The Labute approximate surface area is 179 Å². The van der Waals surface area contributed by atoms with E-state index in [1.807, 2.05) is 0 Å². The van der Waals surface area contributed by atoms with Crippen LogP contribution in [0.3, 0.4) is 0 Å². The SMILES string of the molecule is COc1ccc(-c2noc(-c3ccc(N4CCCC(C)C4)c([N+](=O)[O-])c3)n2)cc1OC. The van der Waals surface area contributed by atoms with E-state index < -0.39 is 0 Å². The summed E-state index contributed by atoms with van der Waals surface area (Å²) >= 11 is 0. The molecule has 162 valence electrons. The molecule has 0 aliphatic carbocycles. The van der Waals surface area contributed by atoms with Gasteiger partial charge in [0.15, 0.2) is 11.5 Å². The molecule has 1 atom stereocenters. The summed E-state index contributed by atoms with van der Waals surface area (Å²) in [6.45, 7) is 3.79. The van der Waals surface area contributed by atoms with Gasteiger partial charge in [-0.2, -0.15) is 4.98 Å². The monoisotopic (exact) mass is 424 g/mol. The molecule has 0 amide bonds. The van der Waals surface area contributed by atoms with Crippen LogP contribution in [-0.2, 0) is 0 Å². The number of nitro groups is 1. The highest BCUT2D eigenvalue weighted by Gasteiger charge is 2.25. The lowest BCUT2D eigenvalue weighted by atomic mass is 9.99. The molecule has 0 N–H and O–H groups in total. The van der Waals surface area contributed by atoms with Gasteiger partial charge < -0.3 is 18.9 Å². The van der Waals surface area contributed by atoms with Crippen molar-refractivity contribution in [3.05, 3.63) is 46.5 Å². The molecule has 4 rings (SSSR count).